The van der Waals surface area contributed by atoms with Gasteiger partial charge in [-0.25, -0.2) is 4.98 Å². The predicted octanol–water partition coefficient (Wildman–Crippen LogP) is 3.99. The van der Waals surface area contributed by atoms with E-state index in [-0.39, 0.29) is 5.91 Å². The van der Waals surface area contributed by atoms with Gasteiger partial charge in [0.25, 0.3) is 0 Å². The number of hydrogen-bond donors (Lipinski definition) is 1. The number of nitrogens with zero attached hydrogens (tertiary/aromatic N) is 3. The number of benzene rings is 1. The molecule has 0 spiro atoms. The van der Waals surface area contributed by atoms with Crippen LogP contribution in [-0.4, -0.2) is 53.1 Å². The summed E-state index contributed by atoms with van der Waals surface area (Å²) in [6.45, 7) is 2.88. The Morgan fingerprint density at radius 1 is 1.17 bits per heavy atom. The first-order valence-corrected chi connectivity index (χ1v) is 11.9. The largest absolute Gasteiger partial charge is 0.376 e. The van der Waals surface area contributed by atoms with E-state index in [9.17, 15) is 4.79 Å². The molecule has 7 heteroatoms. The summed E-state index contributed by atoms with van der Waals surface area (Å²) in [7, 11) is 0. The molecule has 160 valence electrons. The average Bonchev–Trinajstić information content (AvgIpc) is 3.42. The second kappa shape index (κ2) is 10.8. The fourth-order valence-electron chi connectivity index (χ4n) is 4.07. The summed E-state index contributed by atoms with van der Waals surface area (Å²) in [5.74, 6) is 2.17. The van der Waals surface area contributed by atoms with E-state index in [2.05, 4.69) is 27.4 Å². The molecular formula is C23H30N4O2S. The van der Waals surface area contributed by atoms with E-state index in [0.717, 1.165) is 29.7 Å². The Morgan fingerprint density at radius 3 is 2.83 bits per heavy atom. The number of rotatable bonds is 10. The minimum Gasteiger partial charge on any atom is -0.376 e. The zero-order valence-corrected chi connectivity index (χ0v) is 18.2. The van der Waals surface area contributed by atoms with Crippen LogP contribution in [0.1, 0.15) is 37.7 Å². The zero-order valence-electron chi connectivity index (χ0n) is 17.3. The molecule has 1 aliphatic carbocycles. The Labute approximate surface area is 182 Å². The number of anilines is 1. The number of carbonyl (C=O) groups is 1. The molecule has 0 radical (unpaired) electrons. The van der Waals surface area contributed by atoms with Crippen molar-refractivity contribution in [3.63, 3.8) is 0 Å². The summed E-state index contributed by atoms with van der Waals surface area (Å²) in [4.78, 5) is 23.2. The van der Waals surface area contributed by atoms with Crippen LogP contribution in [0.15, 0.2) is 47.8 Å². The zero-order chi connectivity index (χ0) is 20.6. The first-order valence-electron chi connectivity index (χ1n) is 10.9. The van der Waals surface area contributed by atoms with Crippen LogP contribution in [0, 0.1) is 5.92 Å². The highest BCUT2D eigenvalue weighted by molar-refractivity contribution is 7.98. The third-order valence-electron chi connectivity index (χ3n) is 5.73. The van der Waals surface area contributed by atoms with Crippen LogP contribution in [0.5, 0.6) is 0 Å². The lowest BCUT2D eigenvalue weighted by molar-refractivity contribution is -0.128. The molecule has 1 N–H and O–H groups in total. The Morgan fingerprint density at radius 2 is 2.00 bits per heavy atom. The van der Waals surface area contributed by atoms with Crippen LogP contribution in [0.3, 0.4) is 0 Å². The summed E-state index contributed by atoms with van der Waals surface area (Å²) >= 11 is 1.68. The lowest BCUT2D eigenvalue weighted by atomic mass is 10.1. The third kappa shape index (κ3) is 6.19. The molecule has 1 unspecified atom stereocenters. The molecule has 2 aromatic rings. The Hall–Kier alpha value is -2.12. The lowest BCUT2D eigenvalue weighted by Gasteiger charge is -2.18. The van der Waals surface area contributed by atoms with Crippen LogP contribution < -0.4 is 5.32 Å². The number of likely N-dealkylation sites (tertiary alicyclic amines) is 1. The second-order valence-corrected chi connectivity index (χ2v) is 9.08. The third-order valence-corrected chi connectivity index (χ3v) is 6.70. The molecule has 1 aromatic heterocycles. The van der Waals surface area contributed by atoms with Crippen LogP contribution in [0.25, 0.3) is 0 Å². The van der Waals surface area contributed by atoms with Gasteiger partial charge in [-0.05, 0) is 18.4 Å². The summed E-state index contributed by atoms with van der Waals surface area (Å²) < 4.78 is 5.92. The van der Waals surface area contributed by atoms with Gasteiger partial charge in [0, 0.05) is 37.7 Å². The van der Waals surface area contributed by atoms with Crippen molar-refractivity contribution < 1.29 is 9.53 Å². The van der Waals surface area contributed by atoms with Crippen LogP contribution >= 0.6 is 11.8 Å². The molecule has 1 saturated carbocycles. The Kier molecular flexibility index (Phi) is 7.59. The van der Waals surface area contributed by atoms with Crippen molar-refractivity contribution in [3.8, 4) is 0 Å². The van der Waals surface area contributed by atoms with Gasteiger partial charge in [-0.3, -0.25) is 9.78 Å². The van der Waals surface area contributed by atoms with Crippen molar-refractivity contribution in [1.82, 2.24) is 14.9 Å². The minimum absolute atomic E-state index is 0.232. The molecule has 1 amide bonds. The number of hydrogen-bond acceptors (Lipinski definition) is 6. The molecule has 30 heavy (non-hydrogen) atoms. The van der Waals surface area contributed by atoms with E-state index in [1.807, 2.05) is 23.1 Å². The molecule has 6 nitrogen and oxygen atoms in total. The van der Waals surface area contributed by atoms with E-state index in [0.29, 0.717) is 31.6 Å². The first-order chi connectivity index (χ1) is 14.8. The summed E-state index contributed by atoms with van der Waals surface area (Å²) in [6, 6.07) is 10.4. The van der Waals surface area contributed by atoms with E-state index >= 15 is 0 Å². The predicted molar refractivity (Wildman–Crippen MR) is 119 cm³/mol. The maximum atomic E-state index is 12.3. The summed E-state index contributed by atoms with van der Waals surface area (Å²) in [5.41, 5.74) is 1.27. The highest BCUT2D eigenvalue weighted by atomic mass is 32.2. The second-order valence-electron chi connectivity index (χ2n) is 8.08. The molecule has 1 aromatic carbocycles. The first kappa shape index (κ1) is 21.1. The molecule has 4 rings (SSSR count). The molecule has 1 saturated heterocycles. The van der Waals surface area contributed by atoms with Gasteiger partial charge in [0.15, 0.2) is 0 Å². The van der Waals surface area contributed by atoms with Gasteiger partial charge in [-0.2, -0.15) is 0 Å². The fourth-order valence-corrected chi connectivity index (χ4v) is 4.88. The topological polar surface area (TPSA) is 67.4 Å². The van der Waals surface area contributed by atoms with Crippen molar-refractivity contribution in [2.75, 3.05) is 31.6 Å². The Balaban J connectivity index is 1.19. The smallest absolute Gasteiger partial charge is 0.223 e. The van der Waals surface area contributed by atoms with Gasteiger partial charge in [0.2, 0.25) is 5.91 Å². The van der Waals surface area contributed by atoms with E-state index in [1.54, 1.807) is 24.2 Å². The lowest BCUT2D eigenvalue weighted by Crippen LogP contribution is -2.30. The van der Waals surface area contributed by atoms with Crippen molar-refractivity contribution in [3.05, 3.63) is 48.3 Å². The van der Waals surface area contributed by atoms with Crippen molar-refractivity contribution >= 4 is 23.5 Å². The maximum absolute atomic E-state index is 12.3. The quantitative estimate of drug-likeness (QED) is 0.580. The SMILES string of the molecule is O=C1CC(CNc2cncc(SCc3ccccc3)n2)CN1CCOC1CCCC1. The number of thioether (sulfide) groups is 1. The van der Waals surface area contributed by atoms with E-state index in [4.69, 9.17) is 4.74 Å². The summed E-state index contributed by atoms with van der Waals surface area (Å²) in [6.07, 6.45) is 9.43. The monoisotopic (exact) mass is 426 g/mol. The van der Waals surface area contributed by atoms with E-state index in [1.165, 1.54) is 31.2 Å². The van der Waals surface area contributed by atoms with Crippen LogP contribution in [0.4, 0.5) is 5.82 Å². The minimum atomic E-state index is 0.232. The molecule has 2 heterocycles. The van der Waals surface area contributed by atoms with Crippen LogP contribution in [-0.2, 0) is 15.3 Å². The fraction of sp³-hybridized carbons (Fsp3) is 0.522. The molecule has 2 aliphatic rings. The van der Waals surface area contributed by atoms with Gasteiger partial charge < -0.3 is 15.0 Å². The van der Waals surface area contributed by atoms with E-state index < -0.39 is 0 Å². The van der Waals surface area contributed by atoms with Gasteiger partial charge >= 0.3 is 0 Å². The molecular weight excluding hydrogens is 396 g/mol. The standard InChI is InChI=1S/C23H30N4O2S/c28-23-12-19(16-27(23)10-11-29-20-8-4-5-9-20)13-25-21-14-24-15-22(26-21)30-17-18-6-2-1-3-7-18/h1-3,6-7,14-15,19-20H,4-5,8-13,16-17H2,(H,25,26). The molecule has 1 aliphatic heterocycles. The average molecular weight is 427 g/mol. The van der Waals surface area contributed by atoms with Crippen molar-refractivity contribution in [1.29, 1.82) is 0 Å². The number of nitrogens with one attached hydrogen (secondary N) is 1. The number of aromatic nitrogens is 2. The number of carbonyl (C=O) groups excluding carboxylic acids is 1. The van der Waals surface area contributed by atoms with Crippen LogP contribution in [0.2, 0.25) is 0 Å². The Bertz CT molecular complexity index is 814. The van der Waals surface area contributed by atoms with Gasteiger partial charge in [-0.1, -0.05) is 43.2 Å². The number of amides is 1. The van der Waals surface area contributed by atoms with Gasteiger partial charge in [0.1, 0.15) is 10.8 Å². The summed E-state index contributed by atoms with van der Waals surface area (Å²) in [5, 5.41) is 4.27. The maximum Gasteiger partial charge on any atom is 0.223 e. The number of ether oxygens (including phenoxy) is 1. The highest BCUT2D eigenvalue weighted by Gasteiger charge is 2.29. The molecule has 0 bridgehead atoms. The van der Waals surface area contributed by atoms with Gasteiger partial charge in [0.05, 0.1) is 25.1 Å². The molecule has 1 atom stereocenters. The van der Waals surface area contributed by atoms with Crippen molar-refractivity contribution in [2.45, 2.75) is 49.0 Å². The molecule has 2 fully saturated rings. The normalized spacial score (nSPS) is 19.5. The highest BCUT2D eigenvalue weighted by Crippen LogP contribution is 2.23. The van der Waals surface area contributed by atoms with Gasteiger partial charge in [-0.15, -0.1) is 11.8 Å². The van der Waals surface area contributed by atoms with Crippen molar-refractivity contribution in [2.24, 2.45) is 5.92 Å².